The van der Waals surface area contributed by atoms with E-state index in [0.29, 0.717) is 12.1 Å². The summed E-state index contributed by atoms with van der Waals surface area (Å²) in [5.41, 5.74) is 0.160. The summed E-state index contributed by atoms with van der Waals surface area (Å²) in [4.78, 5) is 7.37. The van der Waals surface area contributed by atoms with Crippen LogP contribution in [0.2, 0.25) is 0 Å². The molecule has 2 rings (SSSR count). The van der Waals surface area contributed by atoms with Crippen molar-refractivity contribution in [1.29, 1.82) is 0 Å². The molecule has 1 aliphatic carbocycles. The van der Waals surface area contributed by atoms with Crippen molar-refractivity contribution in [2.75, 3.05) is 26.2 Å². The van der Waals surface area contributed by atoms with E-state index in [1.165, 1.54) is 19.3 Å². The van der Waals surface area contributed by atoms with Crippen LogP contribution in [0.25, 0.3) is 0 Å². The fourth-order valence-electron chi connectivity index (χ4n) is 3.19. The molecule has 5 nitrogen and oxygen atoms in total. The molecule has 1 aliphatic heterocycles. The first-order valence-corrected chi connectivity index (χ1v) is 8.94. The third-order valence-electron chi connectivity index (χ3n) is 4.36. The maximum Gasteiger partial charge on any atom is 0.191 e. The average molecular weight is 437 g/mol. The minimum atomic E-state index is 0. The Hall–Kier alpha value is -0.0800. The third-order valence-corrected chi connectivity index (χ3v) is 4.36. The minimum absolute atomic E-state index is 0. The van der Waals surface area contributed by atoms with Gasteiger partial charge < -0.3 is 16.0 Å². The SMILES string of the molecule is CCNC(=NCCNC(C)(C)C)NC1CC(C)N(C2CC2)C1.I. The molecule has 2 unspecified atom stereocenters. The molecule has 2 atom stereocenters. The number of nitrogens with one attached hydrogen (secondary N) is 3. The Balaban J connectivity index is 0.00000264. The lowest BCUT2D eigenvalue weighted by Gasteiger charge is -2.21. The van der Waals surface area contributed by atoms with E-state index in [0.717, 1.165) is 38.2 Å². The fourth-order valence-corrected chi connectivity index (χ4v) is 3.19. The first-order chi connectivity index (χ1) is 10.4. The van der Waals surface area contributed by atoms with Crippen LogP contribution in [0.1, 0.15) is 53.9 Å². The lowest BCUT2D eigenvalue weighted by molar-refractivity contribution is 0.256. The Kier molecular flexibility index (Phi) is 8.58. The van der Waals surface area contributed by atoms with Crippen LogP contribution in [0, 0.1) is 0 Å². The van der Waals surface area contributed by atoms with Crippen molar-refractivity contribution in [3.63, 3.8) is 0 Å². The molecule has 136 valence electrons. The molecule has 23 heavy (non-hydrogen) atoms. The first-order valence-electron chi connectivity index (χ1n) is 8.94. The summed E-state index contributed by atoms with van der Waals surface area (Å²) in [7, 11) is 0. The Labute approximate surface area is 159 Å². The van der Waals surface area contributed by atoms with E-state index in [2.05, 4.69) is 55.5 Å². The third kappa shape index (κ3) is 7.56. The van der Waals surface area contributed by atoms with Gasteiger partial charge >= 0.3 is 0 Å². The summed E-state index contributed by atoms with van der Waals surface area (Å²) in [5, 5.41) is 10.5. The topological polar surface area (TPSA) is 51.7 Å². The molecule has 1 heterocycles. The van der Waals surface area contributed by atoms with Crippen molar-refractivity contribution in [2.24, 2.45) is 4.99 Å². The quantitative estimate of drug-likeness (QED) is 0.258. The summed E-state index contributed by atoms with van der Waals surface area (Å²) in [6, 6.07) is 2.09. The van der Waals surface area contributed by atoms with Gasteiger partial charge in [-0.2, -0.15) is 0 Å². The highest BCUT2D eigenvalue weighted by molar-refractivity contribution is 14.0. The van der Waals surface area contributed by atoms with Crippen molar-refractivity contribution in [2.45, 2.75) is 77.5 Å². The lowest BCUT2D eigenvalue weighted by Crippen LogP contribution is -2.45. The molecule has 2 aliphatic rings. The van der Waals surface area contributed by atoms with E-state index >= 15 is 0 Å². The first kappa shape index (κ1) is 21.0. The van der Waals surface area contributed by atoms with Gasteiger partial charge in [0.2, 0.25) is 0 Å². The molecule has 0 bridgehead atoms. The van der Waals surface area contributed by atoms with Crippen LogP contribution in [-0.4, -0.2) is 60.7 Å². The van der Waals surface area contributed by atoms with Crippen LogP contribution in [0.4, 0.5) is 0 Å². The zero-order valence-electron chi connectivity index (χ0n) is 15.5. The second-order valence-corrected chi connectivity index (χ2v) is 7.79. The number of likely N-dealkylation sites (tertiary alicyclic amines) is 1. The van der Waals surface area contributed by atoms with E-state index in [1.807, 2.05) is 0 Å². The van der Waals surface area contributed by atoms with Gasteiger partial charge in [-0.25, -0.2) is 0 Å². The number of guanidine groups is 1. The van der Waals surface area contributed by atoms with Crippen LogP contribution < -0.4 is 16.0 Å². The van der Waals surface area contributed by atoms with E-state index in [4.69, 9.17) is 4.99 Å². The monoisotopic (exact) mass is 437 g/mol. The molecule has 1 saturated carbocycles. The smallest absolute Gasteiger partial charge is 0.191 e. The van der Waals surface area contributed by atoms with Gasteiger partial charge in [-0.15, -0.1) is 24.0 Å². The molecule has 0 aromatic rings. The van der Waals surface area contributed by atoms with Gasteiger partial charge in [0.05, 0.1) is 6.54 Å². The molecule has 3 N–H and O–H groups in total. The average Bonchev–Trinajstić information content (AvgIpc) is 3.18. The van der Waals surface area contributed by atoms with Gasteiger partial charge in [0.25, 0.3) is 0 Å². The van der Waals surface area contributed by atoms with Crippen LogP contribution >= 0.6 is 24.0 Å². The maximum absolute atomic E-state index is 4.70. The van der Waals surface area contributed by atoms with Crippen molar-refractivity contribution < 1.29 is 0 Å². The highest BCUT2D eigenvalue weighted by Crippen LogP contribution is 2.33. The fraction of sp³-hybridized carbons (Fsp3) is 0.941. The number of aliphatic imine (C=N–C) groups is 1. The largest absolute Gasteiger partial charge is 0.357 e. The zero-order chi connectivity index (χ0) is 16.2. The van der Waals surface area contributed by atoms with E-state index < -0.39 is 0 Å². The van der Waals surface area contributed by atoms with Gasteiger partial charge in [0.15, 0.2) is 5.96 Å². The molecule has 6 heteroatoms. The van der Waals surface area contributed by atoms with Gasteiger partial charge in [-0.1, -0.05) is 0 Å². The van der Waals surface area contributed by atoms with Gasteiger partial charge in [-0.05, 0) is 53.9 Å². The second kappa shape index (κ2) is 9.42. The predicted molar refractivity (Wildman–Crippen MR) is 110 cm³/mol. The molecular formula is C17H36IN5. The summed E-state index contributed by atoms with van der Waals surface area (Å²) in [6.45, 7) is 14.8. The van der Waals surface area contributed by atoms with Crippen molar-refractivity contribution in [1.82, 2.24) is 20.9 Å². The number of nitrogens with zero attached hydrogens (tertiary/aromatic N) is 2. The number of rotatable bonds is 6. The molecule has 0 aromatic heterocycles. The summed E-state index contributed by atoms with van der Waals surface area (Å²) < 4.78 is 0. The van der Waals surface area contributed by atoms with Gasteiger partial charge in [0, 0.05) is 43.3 Å². The normalized spacial score (nSPS) is 26.0. The van der Waals surface area contributed by atoms with Crippen LogP contribution in [0.5, 0.6) is 0 Å². The van der Waals surface area contributed by atoms with Crippen molar-refractivity contribution in [3.8, 4) is 0 Å². The standard InChI is InChI=1S/C17H35N5.HI/c1-6-18-16(19-9-10-20-17(3,4)5)21-14-11-13(2)22(12-14)15-7-8-15;/h13-15,20H,6-12H2,1-5H3,(H2,18,19,21);1H. The molecule has 0 aromatic carbocycles. The van der Waals surface area contributed by atoms with Crippen molar-refractivity contribution >= 4 is 29.9 Å². The molecule has 0 amide bonds. The molecule has 0 spiro atoms. The number of halogens is 1. The highest BCUT2D eigenvalue weighted by atomic mass is 127. The maximum atomic E-state index is 4.70. The lowest BCUT2D eigenvalue weighted by atomic mass is 10.1. The van der Waals surface area contributed by atoms with Gasteiger partial charge in [-0.3, -0.25) is 9.89 Å². The highest BCUT2D eigenvalue weighted by Gasteiger charge is 2.38. The molecular weight excluding hydrogens is 401 g/mol. The zero-order valence-corrected chi connectivity index (χ0v) is 17.8. The van der Waals surface area contributed by atoms with Crippen LogP contribution in [0.3, 0.4) is 0 Å². The number of hydrogen-bond donors (Lipinski definition) is 3. The second-order valence-electron chi connectivity index (χ2n) is 7.79. The minimum Gasteiger partial charge on any atom is -0.357 e. The summed E-state index contributed by atoms with van der Waals surface area (Å²) in [5.74, 6) is 0.966. The van der Waals surface area contributed by atoms with Crippen molar-refractivity contribution in [3.05, 3.63) is 0 Å². The number of hydrogen-bond acceptors (Lipinski definition) is 3. The van der Waals surface area contributed by atoms with E-state index in [-0.39, 0.29) is 29.5 Å². The Morgan fingerprint density at radius 2 is 1.96 bits per heavy atom. The Morgan fingerprint density at radius 3 is 2.52 bits per heavy atom. The predicted octanol–water partition coefficient (Wildman–Crippen LogP) is 2.17. The Bertz CT molecular complexity index is 376. The van der Waals surface area contributed by atoms with Crippen LogP contribution in [0.15, 0.2) is 4.99 Å². The van der Waals surface area contributed by atoms with Gasteiger partial charge in [0.1, 0.15) is 0 Å². The van der Waals surface area contributed by atoms with Crippen LogP contribution in [-0.2, 0) is 0 Å². The van der Waals surface area contributed by atoms with E-state index in [1.54, 1.807) is 0 Å². The summed E-state index contributed by atoms with van der Waals surface area (Å²) >= 11 is 0. The summed E-state index contributed by atoms with van der Waals surface area (Å²) in [6.07, 6.45) is 4.01. The molecule has 1 saturated heterocycles. The molecule has 0 radical (unpaired) electrons. The van der Waals surface area contributed by atoms with E-state index in [9.17, 15) is 0 Å². The molecule has 2 fully saturated rings. The Morgan fingerprint density at radius 1 is 1.26 bits per heavy atom.